The summed E-state index contributed by atoms with van der Waals surface area (Å²) in [6.45, 7) is 3.07. The maximum absolute atomic E-state index is 13.8. The molecule has 1 atom stereocenters. The number of ether oxygens (including phenoxy) is 1. The fourth-order valence-corrected chi connectivity index (χ4v) is 2.41. The van der Waals surface area contributed by atoms with E-state index in [0.717, 1.165) is 36.9 Å². The zero-order chi connectivity index (χ0) is 14.4. The van der Waals surface area contributed by atoms with Crippen LogP contribution >= 0.6 is 12.4 Å². The van der Waals surface area contributed by atoms with Crippen LogP contribution in [0.3, 0.4) is 0 Å². The standard InChI is InChI=1S/C17H22FNO.ClH/c1-3-6-13(11-12-19-2)20-17-10-9-16(18)14-7-4-5-8-15(14)17;/h4-5,7-10,13,19H,3,6,11-12H2,1-2H3;1H/t13-;/m1./s1. The monoisotopic (exact) mass is 311 g/mol. The summed E-state index contributed by atoms with van der Waals surface area (Å²) >= 11 is 0. The first-order chi connectivity index (χ1) is 9.76. The largest absolute Gasteiger partial charge is 0.490 e. The van der Waals surface area contributed by atoms with Gasteiger partial charge in [0.15, 0.2) is 0 Å². The van der Waals surface area contributed by atoms with Gasteiger partial charge in [0.25, 0.3) is 0 Å². The molecule has 2 nitrogen and oxygen atoms in total. The molecular formula is C17H23ClFNO. The molecule has 0 saturated carbocycles. The third-order valence-electron chi connectivity index (χ3n) is 3.45. The van der Waals surface area contributed by atoms with E-state index in [1.807, 2.05) is 25.2 Å². The molecule has 2 aromatic carbocycles. The van der Waals surface area contributed by atoms with Gasteiger partial charge in [0, 0.05) is 10.8 Å². The Bertz CT molecular complexity index is 561. The Morgan fingerprint density at radius 2 is 1.81 bits per heavy atom. The van der Waals surface area contributed by atoms with Gasteiger partial charge in [-0.05, 0) is 38.6 Å². The van der Waals surface area contributed by atoms with Crippen molar-refractivity contribution in [1.29, 1.82) is 0 Å². The molecule has 116 valence electrons. The minimum Gasteiger partial charge on any atom is -0.490 e. The van der Waals surface area contributed by atoms with Gasteiger partial charge >= 0.3 is 0 Å². The third-order valence-corrected chi connectivity index (χ3v) is 3.45. The first kappa shape index (κ1) is 17.7. The molecule has 0 heterocycles. The second-order valence-corrected chi connectivity index (χ2v) is 5.01. The van der Waals surface area contributed by atoms with Crippen LogP contribution in [0.5, 0.6) is 5.75 Å². The minimum atomic E-state index is -0.199. The summed E-state index contributed by atoms with van der Waals surface area (Å²) < 4.78 is 19.9. The molecule has 0 aromatic heterocycles. The van der Waals surface area contributed by atoms with Gasteiger partial charge in [-0.25, -0.2) is 4.39 Å². The Morgan fingerprint density at radius 1 is 1.10 bits per heavy atom. The lowest BCUT2D eigenvalue weighted by Crippen LogP contribution is -2.22. The van der Waals surface area contributed by atoms with Gasteiger partial charge < -0.3 is 10.1 Å². The van der Waals surface area contributed by atoms with E-state index in [1.165, 1.54) is 6.07 Å². The zero-order valence-corrected chi connectivity index (χ0v) is 13.4. The number of halogens is 2. The summed E-state index contributed by atoms with van der Waals surface area (Å²) in [5, 5.41) is 4.61. The van der Waals surface area contributed by atoms with Crippen LogP contribution in [0.4, 0.5) is 4.39 Å². The van der Waals surface area contributed by atoms with Gasteiger partial charge in [-0.1, -0.05) is 37.6 Å². The molecule has 0 aliphatic carbocycles. The molecule has 0 fully saturated rings. The average molecular weight is 312 g/mol. The molecule has 0 amide bonds. The number of hydrogen-bond acceptors (Lipinski definition) is 2. The lowest BCUT2D eigenvalue weighted by molar-refractivity contribution is 0.182. The van der Waals surface area contributed by atoms with Crippen molar-refractivity contribution in [2.75, 3.05) is 13.6 Å². The number of rotatable bonds is 7. The molecule has 0 aliphatic rings. The van der Waals surface area contributed by atoms with Crippen LogP contribution in [0.2, 0.25) is 0 Å². The molecular weight excluding hydrogens is 289 g/mol. The first-order valence-corrected chi connectivity index (χ1v) is 7.24. The lowest BCUT2D eigenvalue weighted by atomic mass is 10.1. The Morgan fingerprint density at radius 3 is 2.48 bits per heavy atom. The van der Waals surface area contributed by atoms with Gasteiger partial charge in [-0.3, -0.25) is 0 Å². The van der Waals surface area contributed by atoms with Gasteiger partial charge in [-0.15, -0.1) is 12.4 Å². The second kappa shape index (κ2) is 8.85. The lowest BCUT2D eigenvalue weighted by Gasteiger charge is -2.20. The third kappa shape index (κ3) is 4.58. The first-order valence-electron chi connectivity index (χ1n) is 7.24. The van der Waals surface area contributed by atoms with E-state index in [0.29, 0.717) is 5.39 Å². The fraction of sp³-hybridized carbons (Fsp3) is 0.412. The van der Waals surface area contributed by atoms with Gasteiger partial charge in [0.05, 0.1) is 6.10 Å². The summed E-state index contributed by atoms with van der Waals surface area (Å²) in [5.74, 6) is 0.576. The average Bonchev–Trinajstić information content (AvgIpc) is 2.48. The van der Waals surface area contributed by atoms with E-state index in [9.17, 15) is 4.39 Å². The highest BCUT2D eigenvalue weighted by molar-refractivity contribution is 5.88. The summed E-state index contributed by atoms with van der Waals surface area (Å²) in [6, 6.07) is 10.7. The van der Waals surface area contributed by atoms with Gasteiger partial charge in [0.1, 0.15) is 11.6 Å². The predicted octanol–water partition coefficient (Wildman–Crippen LogP) is 4.56. The molecule has 0 bridgehead atoms. The summed E-state index contributed by atoms with van der Waals surface area (Å²) in [5.41, 5.74) is 0. The van der Waals surface area contributed by atoms with Crippen molar-refractivity contribution in [1.82, 2.24) is 5.32 Å². The zero-order valence-electron chi connectivity index (χ0n) is 12.6. The highest BCUT2D eigenvalue weighted by Gasteiger charge is 2.12. The van der Waals surface area contributed by atoms with E-state index < -0.39 is 0 Å². The molecule has 21 heavy (non-hydrogen) atoms. The van der Waals surface area contributed by atoms with Crippen molar-refractivity contribution in [2.45, 2.75) is 32.3 Å². The van der Waals surface area contributed by atoms with Crippen LogP contribution in [-0.4, -0.2) is 19.7 Å². The number of hydrogen-bond donors (Lipinski definition) is 1. The van der Waals surface area contributed by atoms with Crippen LogP contribution < -0.4 is 10.1 Å². The second-order valence-electron chi connectivity index (χ2n) is 5.01. The van der Waals surface area contributed by atoms with Crippen LogP contribution in [0.15, 0.2) is 36.4 Å². The van der Waals surface area contributed by atoms with Crippen molar-refractivity contribution in [3.8, 4) is 5.75 Å². The predicted molar refractivity (Wildman–Crippen MR) is 89.0 cm³/mol. The maximum Gasteiger partial charge on any atom is 0.131 e. The smallest absolute Gasteiger partial charge is 0.131 e. The number of benzene rings is 2. The van der Waals surface area contributed by atoms with Crippen LogP contribution in [0.1, 0.15) is 26.2 Å². The highest BCUT2D eigenvalue weighted by Crippen LogP contribution is 2.29. The molecule has 0 aliphatic heterocycles. The van der Waals surface area contributed by atoms with E-state index >= 15 is 0 Å². The molecule has 0 spiro atoms. The Labute approximate surface area is 132 Å². The molecule has 2 aromatic rings. The Hall–Kier alpha value is -1.32. The highest BCUT2D eigenvalue weighted by atomic mass is 35.5. The summed E-state index contributed by atoms with van der Waals surface area (Å²) in [7, 11) is 1.94. The van der Waals surface area contributed by atoms with E-state index in [2.05, 4.69) is 12.2 Å². The summed E-state index contributed by atoms with van der Waals surface area (Å²) in [6.07, 6.45) is 3.21. The molecule has 2 rings (SSSR count). The van der Waals surface area contributed by atoms with Gasteiger partial charge in [0.2, 0.25) is 0 Å². The van der Waals surface area contributed by atoms with Crippen molar-refractivity contribution >= 4 is 23.2 Å². The topological polar surface area (TPSA) is 21.3 Å². The molecule has 0 saturated heterocycles. The van der Waals surface area contributed by atoms with Crippen molar-refractivity contribution < 1.29 is 9.13 Å². The summed E-state index contributed by atoms with van der Waals surface area (Å²) in [4.78, 5) is 0. The Balaban J connectivity index is 0.00000220. The fourth-order valence-electron chi connectivity index (χ4n) is 2.41. The molecule has 0 unspecified atom stereocenters. The normalized spacial score (nSPS) is 12.0. The van der Waals surface area contributed by atoms with Gasteiger partial charge in [-0.2, -0.15) is 0 Å². The van der Waals surface area contributed by atoms with Crippen molar-refractivity contribution in [2.24, 2.45) is 0 Å². The molecule has 1 N–H and O–H groups in total. The van der Waals surface area contributed by atoms with Crippen LogP contribution in [0.25, 0.3) is 10.8 Å². The maximum atomic E-state index is 13.8. The van der Waals surface area contributed by atoms with Crippen molar-refractivity contribution in [3.05, 3.63) is 42.2 Å². The van der Waals surface area contributed by atoms with E-state index in [1.54, 1.807) is 12.1 Å². The van der Waals surface area contributed by atoms with Crippen molar-refractivity contribution in [3.63, 3.8) is 0 Å². The van der Waals surface area contributed by atoms with E-state index in [-0.39, 0.29) is 24.3 Å². The SMILES string of the molecule is CCC[C@H](CCNC)Oc1ccc(F)c2ccccc12.Cl. The van der Waals surface area contributed by atoms with Crippen LogP contribution in [-0.2, 0) is 0 Å². The van der Waals surface area contributed by atoms with Crippen LogP contribution in [0, 0.1) is 5.82 Å². The molecule has 0 radical (unpaired) electrons. The quantitative estimate of drug-likeness (QED) is 0.809. The number of fused-ring (bicyclic) bond motifs is 1. The number of nitrogens with one attached hydrogen (secondary N) is 1. The Kier molecular flexibility index (Phi) is 7.48. The van der Waals surface area contributed by atoms with E-state index in [4.69, 9.17) is 4.74 Å². The molecule has 4 heteroatoms. The minimum absolute atomic E-state index is 0.